The number of rotatable bonds is 2. The summed E-state index contributed by atoms with van der Waals surface area (Å²) in [7, 11) is 0. The monoisotopic (exact) mass is 202 g/mol. The van der Waals surface area contributed by atoms with Crippen LogP contribution in [0.4, 0.5) is 0 Å². The van der Waals surface area contributed by atoms with Gasteiger partial charge in [-0.05, 0) is 44.4 Å². The largest absolute Gasteiger partial charge is 0.375 e. The maximum atomic E-state index is 5.96. The summed E-state index contributed by atoms with van der Waals surface area (Å²) in [6.45, 7) is 2.34. The molecule has 2 aliphatic carbocycles. The smallest absolute Gasteiger partial charge is 0.0607 e. The van der Waals surface area contributed by atoms with Crippen molar-refractivity contribution >= 4 is 11.6 Å². The third-order valence-corrected chi connectivity index (χ3v) is 3.74. The first-order valence-electron chi connectivity index (χ1n) is 5.53. The van der Waals surface area contributed by atoms with Crippen molar-refractivity contribution in [2.75, 3.05) is 0 Å². The highest BCUT2D eigenvalue weighted by Gasteiger charge is 2.31. The Bertz CT molecular complexity index is 157. The van der Waals surface area contributed by atoms with Crippen molar-refractivity contribution < 1.29 is 4.74 Å². The molecule has 2 fully saturated rings. The minimum Gasteiger partial charge on any atom is -0.375 e. The zero-order valence-corrected chi connectivity index (χ0v) is 9.09. The number of hydrogen-bond acceptors (Lipinski definition) is 1. The van der Waals surface area contributed by atoms with Crippen LogP contribution in [-0.4, -0.2) is 17.6 Å². The summed E-state index contributed by atoms with van der Waals surface area (Å²) in [5.41, 5.74) is 0. The van der Waals surface area contributed by atoms with Gasteiger partial charge in [0.15, 0.2) is 0 Å². The summed E-state index contributed by atoms with van der Waals surface area (Å²) in [6.07, 6.45) is 8.42. The molecule has 0 heterocycles. The fraction of sp³-hybridized carbons (Fsp3) is 1.00. The number of halogens is 1. The summed E-state index contributed by atoms with van der Waals surface area (Å²) in [5, 5.41) is 0.396. The van der Waals surface area contributed by atoms with E-state index in [2.05, 4.69) is 6.92 Å². The molecule has 0 spiro atoms. The molecule has 0 atom stereocenters. The van der Waals surface area contributed by atoms with Crippen LogP contribution in [0.2, 0.25) is 0 Å². The lowest BCUT2D eigenvalue weighted by Gasteiger charge is -2.36. The summed E-state index contributed by atoms with van der Waals surface area (Å²) in [6, 6.07) is 0. The molecule has 76 valence electrons. The Morgan fingerprint density at radius 1 is 1.00 bits per heavy atom. The fourth-order valence-electron chi connectivity index (χ4n) is 2.25. The van der Waals surface area contributed by atoms with Crippen LogP contribution < -0.4 is 0 Å². The van der Waals surface area contributed by atoms with Crippen molar-refractivity contribution in [1.82, 2.24) is 0 Å². The van der Waals surface area contributed by atoms with E-state index in [0.717, 1.165) is 18.8 Å². The van der Waals surface area contributed by atoms with Gasteiger partial charge in [-0.15, -0.1) is 11.6 Å². The molecule has 0 radical (unpaired) electrons. The number of hydrogen-bond donors (Lipinski definition) is 0. The lowest BCUT2D eigenvalue weighted by atomic mass is 9.88. The van der Waals surface area contributed by atoms with Gasteiger partial charge >= 0.3 is 0 Å². The quantitative estimate of drug-likeness (QED) is 0.624. The predicted molar refractivity (Wildman–Crippen MR) is 55.2 cm³/mol. The van der Waals surface area contributed by atoms with Crippen molar-refractivity contribution in [1.29, 1.82) is 0 Å². The molecule has 0 aromatic carbocycles. The van der Waals surface area contributed by atoms with Gasteiger partial charge in [0.25, 0.3) is 0 Å². The van der Waals surface area contributed by atoms with Gasteiger partial charge in [0, 0.05) is 5.38 Å². The molecule has 0 bridgehead atoms. The Kier molecular flexibility index (Phi) is 3.15. The number of ether oxygens (including phenoxy) is 1. The molecule has 0 N–H and O–H groups in total. The second kappa shape index (κ2) is 4.18. The summed E-state index contributed by atoms with van der Waals surface area (Å²) in [4.78, 5) is 0. The minimum atomic E-state index is 0.396. The molecule has 1 nitrogen and oxygen atoms in total. The van der Waals surface area contributed by atoms with E-state index >= 15 is 0 Å². The molecule has 0 aromatic heterocycles. The Morgan fingerprint density at radius 2 is 1.62 bits per heavy atom. The van der Waals surface area contributed by atoms with Crippen LogP contribution in [0.3, 0.4) is 0 Å². The summed E-state index contributed by atoms with van der Waals surface area (Å²) in [5.74, 6) is 0.919. The number of alkyl halides is 1. The van der Waals surface area contributed by atoms with Gasteiger partial charge < -0.3 is 4.74 Å². The van der Waals surface area contributed by atoms with Gasteiger partial charge in [-0.3, -0.25) is 0 Å². The third-order valence-electron chi connectivity index (χ3n) is 3.39. The van der Waals surface area contributed by atoms with Crippen molar-refractivity contribution in [3.05, 3.63) is 0 Å². The average Bonchev–Trinajstić information content (AvgIpc) is 2.06. The lowest BCUT2D eigenvalue weighted by Crippen LogP contribution is -2.36. The molecule has 13 heavy (non-hydrogen) atoms. The normalized spacial score (nSPS) is 45.7. The maximum absolute atomic E-state index is 5.96. The van der Waals surface area contributed by atoms with E-state index in [1.54, 1.807) is 0 Å². The van der Waals surface area contributed by atoms with Crippen LogP contribution >= 0.6 is 11.6 Å². The van der Waals surface area contributed by atoms with Gasteiger partial charge in [-0.1, -0.05) is 6.92 Å². The highest BCUT2D eigenvalue weighted by atomic mass is 35.5. The Morgan fingerprint density at radius 3 is 2.15 bits per heavy atom. The minimum absolute atomic E-state index is 0.396. The first-order chi connectivity index (χ1) is 6.24. The molecule has 2 heteroatoms. The zero-order valence-electron chi connectivity index (χ0n) is 8.34. The Labute approximate surface area is 85.8 Å². The van der Waals surface area contributed by atoms with Crippen molar-refractivity contribution in [3.8, 4) is 0 Å². The van der Waals surface area contributed by atoms with E-state index in [4.69, 9.17) is 16.3 Å². The topological polar surface area (TPSA) is 9.23 Å². The molecule has 0 saturated heterocycles. The van der Waals surface area contributed by atoms with Gasteiger partial charge in [0.1, 0.15) is 0 Å². The van der Waals surface area contributed by atoms with Gasteiger partial charge in [0.05, 0.1) is 12.2 Å². The fourth-order valence-corrected chi connectivity index (χ4v) is 2.65. The second-order valence-corrected chi connectivity index (χ2v) is 5.33. The van der Waals surface area contributed by atoms with Crippen LogP contribution in [0.25, 0.3) is 0 Å². The standard InChI is InChI=1S/C11H19ClO/c1-8-2-4-10(5-3-8)13-11-6-9(12)7-11/h8-11H,2-7H2,1H3. The van der Waals surface area contributed by atoms with E-state index in [0.29, 0.717) is 17.6 Å². The first kappa shape index (κ1) is 9.79. The maximum Gasteiger partial charge on any atom is 0.0607 e. The van der Waals surface area contributed by atoms with Gasteiger partial charge in [-0.25, -0.2) is 0 Å². The van der Waals surface area contributed by atoms with Gasteiger partial charge in [0.2, 0.25) is 0 Å². The third kappa shape index (κ3) is 2.60. The molecule has 0 unspecified atom stereocenters. The van der Waals surface area contributed by atoms with E-state index < -0.39 is 0 Å². The SMILES string of the molecule is CC1CCC(OC2CC(Cl)C2)CC1. The van der Waals surface area contributed by atoms with Crippen LogP contribution in [0.1, 0.15) is 45.4 Å². The molecule has 0 aromatic rings. The van der Waals surface area contributed by atoms with E-state index in [-0.39, 0.29) is 0 Å². The molecule has 0 amide bonds. The average molecular weight is 203 g/mol. The van der Waals surface area contributed by atoms with Crippen molar-refractivity contribution in [2.45, 2.75) is 63.0 Å². The van der Waals surface area contributed by atoms with Crippen LogP contribution in [0.5, 0.6) is 0 Å². The molecule has 0 aliphatic heterocycles. The van der Waals surface area contributed by atoms with E-state index in [1.165, 1.54) is 25.7 Å². The van der Waals surface area contributed by atoms with Crippen LogP contribution in [0, 0.1) is 5.92 Å². The highest BCUT2D eigenvalue weighted by Crippen LogP contribution is 2.33. The van der Waals surface area contributed by atoms with Crippen molar-refractivity contribution in [3.63, 3.8) is 0 Å². The molecule has 2 saturated carbocycles. The summed E-state index contributed by atoms with van der Waals surface area (Å²) >= 11 is 5.90. The van der Waals surface area contributed by atoms with Crippen LogP contribution in [-0.2, 0) is 4.74 Å². The lowest BCUT2D eigenvalue weighted by molar-refractivity contribution is -0.0669. The highest BCUT2D eigenvalue weighted by molar-refractivity contribution is 6.21. The zero-order chi connectivity index (χ0) is 9.26. The molecular formula is C11H19ClO. The molecule has 2 rings (SSSR count). The Hall–Kier alpha value is 0.250. The predicted octanol–water partition coefficient (Wildman–Crippen LogP) is 3.35. The van der Waals surface area contributed by atoms with E-state index in [1.807, 2.05) is 0 Å². The van der Waals surface area contributed by atoms with Crippen molar-refractivity contribution in [2.24, 2.45) is 5.92 Å². The molecule has 2 aliphatic rings. The first-order valence-corrected chi connectivity index (χ1v) is 5.97. The molecular weight excluding hydrogens is 184 g/mol. The van der Waals surface area contributed by atoms with Crippen LogP contribution in [0.15, 0.2) is 0 Å². The van der Waals surface area contributed by atoms with E-state index in [9.17, 15) is 0 Å². The van der Waals surface area contributed by atoms with Gasteiger partial charge in [-0.2, -0.15) is 0 Å². The second-order valence-electron chi connectivity index (χ2n) is 4.71. The summed E-state index contributed by atoms with van der Waals surface area (Å²) < 4.78 is 5.96. The Balaban J connectivity index is 1.65.